The summed E-state index contributed by atoms with van der Waals surface area (Å²) in [6.07, 6.45) is 13.2. The van der Waals surface area contributed by atoms with Gasteiger partial charge in [0, 0.05) is 49.4 Å². The summed E-state index contributed by atoms with van der Waals surface area (Å²) in [6.45, 7) is -0.0213. The van der Waals surface area contributed by atoms with Crippen LogP contribution >= 0.6 is 50.8 Å². The number of rotatable bonds is 14. The number of amides is 4. The molecule has 0 saturated heterocycles. The molecule has 2 aliphatic heterocycles. The molecule has 0 spiro atoms. The van der Waals surface area contributed by atoms with Crippen LogP contribution in [0.25, 0.3) is 11.3 Å². The first-order valence-corrected chi connectivity index (χ1v) is 45.0. The van der Waals surface area contributed by atoms with Gasteiger partial charge in [-0.1, -0.05) is 284 Å². The van der Waals surface area contributed by atoms with Gasteiger partial charge in [0.05, 0.1) is 23.8 Å². The fourth-order valence-corrected chi connectivity index (χ4v) is 17.6. The van der Waals surface area contributed by atoms with Crippen molar-refractivity contribution in [1.82, 2.24) is 65.0 Å². The first-order valence-electron chi connectivity index (χ1n) is 37.5. The van der Waals surface area contributed by atoms with Crippen molar-refractivity contribution in [3.05, 3.63) is 390 Å². The van der Waals surface area contributed by atoms with E-state index in [0.29, 0.717) is 64.3 Å². The molecule has 27 heteroatoms. The van der Waals surface area contributed by atoms with Gasteiger partial charge in [0.1, 0.15) is 65.5 Å². The molecule has 4 N–H and O–H groups in total. The van der Waals surface area contributed by atoms with Crippen LogP contribution in [0.2, 0.25) is 0 Å². The number of pyridine rings is 1. The van der Waals surface area contributed by atoms with Crippen LogP contribution in [0.4, 0.5) is 11.4 Å². The number of H-pyrrole nitrogens is 2. The Kier molecular flexibility index (Phi) is 31.8. The number of nitrogens with one attached hydrogen (secondary N) is 4. The van der Waals surface area contributed by atoms with Crippen molar-refractivity contribution in [2.45, 2.75) is 32.4 Å². The second kappa shape index (κ2) is 44.1. The van der Waals surface area contributed by atoms with Crippen molar-refractivity contribution in [3.8, 4) is 35.7 Å². The smallest absolute Gasteiger partial charge is 0.0134 e. The largest absolute Gasteiger partial charge is 0.0622 e. The van der Waals surface area contributed by atoms with Crippen LogP contribution in [0.5, 0.6) is 11.5 Å². The molecule has 0 fully saturated rings. The number of hydrogen-bond donors (Lipinski definition) is 4. The number of halogens is 3. The van der Waals surface area contributed by atoms with E-state index in [-0.39, 0.29) is 60.0 Å². The third kappa shape index (κ3) is 23.5. The van der Waals surface area contributed by atoms with Gasteiger partial charge in [0.2, 0.25) is 11.6 Å². The molecule has 16 aromatic rings. The molecule has 0 saturated carbocycles. The SMILES string of the molecule is C.C#Cc1cnc2ccccn12.CN1C(=O)[C@@H](NC(=O)c2n[nH]c(Cc3ccccc3)n2)COc2ccc(Br)cc21.CN1C(=O)[C@@H](NC(=O)c2n[nH]c(Cc3ccccc3)n2)COc2ccc(C#Cc3cnc4cccnn34)cc21.[Cl][Pd][Cl].c1ccc(P(c2ccccc2)c2ccccc2)cc1.c1ccc(P(c2ccccc2)c2ccccc2)cc1. The number of aromatic amines is 2. The predicted octanol–water partition coefficient (Wildman–Crippen LogP) is 14.5. The Labute approximate surface area is 728 Å². The van der Waals surface area contributed by atoms with Crippen molar-refractivity contribution in [3.63, 3.8) is 0 Å². The molecule has 0 unspecified atom stereocenters. The van der Waals surface area contributed by atoms with Gasteiger partial charge in [-0.25, -0.2) is 24.5 Å². The van der Waals surface area contributed by atoms with E-state index in [0.717, 1.165) is 26.9 Å². The number of fused-ring (bicyclic) bond motifs is 4. The Hall–Kier alpha value is -13.0. The number of ether oxygens (including phenoxy) is 2. The van der Waals surface area contributed by atoms with Gasteiger partial charge in [0.15, 0.2) is 5.65 Å². The Morgan fingerprint density at radius 1 is 0.504 bits per heavy atom. The van der Waals surface area contributed by atoms with E-state index in [9.17, 15) is 19.2 Å². The zero-order valence-corrected chi connectivity index (χ0v) is 71.0. The molecule has 6 aromatic heterocycles. The fraction of sp³-hybridized carbons (Fsp3) is 0.0957. The number of benzene rings is 10. The Morgan fingerprint density at radius 3 is 1.31 bits per heavy atom. The van der Waals surface area contributed by atoms with E-state index in [1.165, 1.54) is 41.6 Å². The van der Waals surface area contributed by atoms with E-state index < -0.39 is 39.7 Å². The monoisotopic (exact) mass is 1830 g/mol. The molecule has 0 radical (unpaired) electrons. The van der Waals surface area contributed by atoms with Crippen molar-refractivity contribution in [2.75, 3.05) is 37.1 Å². The molecular formula is C94H80BrCl2N15O6P2Pd. The number of anilines is 2. The van der Waals surface area contributed by atoms with Crippen molar-refractivity contribution >= 4 is 129 Å². The quantitative estimate of drug-likeness (QED) is 0.0450. The second-order valence-electron chi connectivity index (χ2n) is 26.4. The van der Waals surface area contributed by atoms with Gasteiger partial charge in [0.25, 0.3) is 23.6 Å². The number of terminal acetylenes is 1. The minimum absolute atomic E-state index is 0. The third-order valence-corrected chi connectivity index (χ3v) is 23.8. The van der Waals surface area contributed by atoms with Gasteiger partial charge in [-0.3, -0.25) is 33.8 Å². The number of likely N-dealkylation sites (N-methyl/N-ethyl adjacent to an activating group) is 2. The molecular weight excluding hydrogens is 1750 g/mol. The maximum absolute atomic E-state index is 13.3. The van der Waals surface area contributed by atoms with E-state index in [1.807, 2.05) is 114 Å². The van der Waals surface area contributed by atoms with Crippen molar-refractivity contribution < 1.29 is 44.6 Å². The van der Waals surface area contributed by atoms with Crippen molar-refractivity contribution in [1.29, 1.82) is 0 Å². The van der Waals surface area contributed by atoms with Crippen LogP contribution in [0.1, 0.15) is 68.4 Å². The van der Waals surface area contributed by atoms with Gasteiger partial charge < -0.3 is 29.9 Å². The van der Waals surface area contributed by atoms with Gasteiger partial charge in [-0.15, -0.1) is 16.6 Å². The van der Waals surface area contributed by atoms with E-state index in [2.05, 4.69) is 272 Å². The average molecular weight is 1830 g/mol. The molecule has 10 aromatic carbocycles. The summed E-state index contributed by atoms with van der Waals surface area (Å²) in [6, 6.07) is 102. The Balaban J connectivity index is 0.000000144. The maximum Gasteiger partial charge on any atom is -0.0134 e. The van der Waals surface area contributed by atoms with Crippen LogP contribution in [-0.4, -0.2) is 117 Å². The summed E-state index contributed by atoms with van der Waals surface area (Å²) in [5.74, 6) is 9.13. The minimum atomic E-state index is -0.926. The van der Waals surface area contributed by atoms with Crippen LogP contribution in [0.3, 0.4) is 0 Å². The fourth-order valence-electron chi connectivity index (χ4n) is 12.7. The number of carbonyl (C=O) groups is 4. The number of imidazole rings is 2. The molecule has 4 amide bonds. The summed E-state index contributed by atoms with van der Waals surface area (Å²) in [4.78, 5) is 71.3. The molecule has 0 bridgehead atoms. The minimum Gasteiger partial charge on any atom is -0.0622 e. The molecule has 2 atom stereocenters. The molecule has 608 valence electrons. The normalized spacial score (nSPS) is 12.9. The zero-order valence-electron chi connectivity index (χ0n) is 64.5. The van der Waals surface area contributed by atoms with Crippen LogP contribution in [-0.2, 0) is 38.4 Å². The summed E-state index contributed by atoms with van der Waals surface area (Å²) in [7, 11) is 12.0. The molecule has 2 aliphatic rings. The predicted molar refractivity (Wildman–Crippen MR) is 483 cm³/mol. The summed E-state index contributed by atoms with van der Waals surface area (Å²) in [5, 5.41) is 31.6. The van der Waals surface area contributed by atoms with Crippen molar-refractivity contribution in [2.24, 2.45) is 0 Å². The molecule has 18 rings (SSSR count). The van der Waals surface area contributed by atoms with Crippen LogP contribution < -0.4 is 61.7 Å². The molecule has 21 nitrogen and oxygen atoms in total. The van der Waals surface area contributed by atoms with Crippen LogP contribution in [0, 0.1) is 24.2 Å². The first kappa shape index (κ1) is 87.3. The number of hydrogen-bond acceptors (Lipinski definition) is 13. The van der Waals surface area contributed by atoms with Crippen LogP contribution in [0.15, 0.2) is 339 Å². The van der Waals surface area contributed by atoms with E-state index in [1.54, 1.807) is 61.5 Å². The Bertz CT molecular complexity index is 5870. The first-order chi connectivity index (χ1) is 58.8. The molecule has 0 aliphatic carbocycles. The standard InChI is InChI=1S/C28H22N8O3.C20H18BrN5O3.2C18H15P.C9H6N2.CH4.2ClH.Pd/c1-35-22-14-19(9-11-20-16-29-25-8-5-13-30-36(20)25)10-12-23(22)39-17-21(28(35)38)31-27(37)26-32-24(33-34-26)15-18-6-3-2-4-7-18;1-26-15-10-13(21)7-8-16(15)29-11-14(20(26)28)22-19(27)18-23-17(24-25-18)9-12-5-3-2-4-6-12;2*1-4-10-16(11-5-1)19(17-12-6-2-7-13-17)18-14-8-3-9-15-18;1-2-8-7-10-9-5-3-4-6-11(8)9;;;;/h2-8,10,12-14,16,21H,15,17H2,1H3,(H,31,37)(H,32,33,34);2-8,10,14H,9,11H2,1H3,(H,22,27)(H,23,24,25);2*1-15H;1,3-7H;1H4;2*1H;/q;;;;;;;;+2/p-2/t21-;14-;;;;;;;/m00......./s1. The maximum atomic E-state index is 13.3. The van der Waals surface area contributed by atoms with E-state index in [4.69, 9.17) is 35.0 Å². The summed E-state index contributed by atoms with van der Waals surface area (Å²) < 4.78 is 16.0. The zero-order chi connectivity index (χ0) is 83.4. The average Bonchev–Trinajstić information content (AvgIpc) is 1.64. The number of carbonyl (C=O) groups excluding carboxylic acids is 4. The Morgan fingerprint density at radius 2 is 0.884 bits per heavy atom. The van der Waals surface area contributed by atoms with Gasteiger partial charge in [-0.2, -0.15) is 5.10 Å². The van der Waals surface area contributed by atoms with E-state index >= 15 is 0 Å². The second-order valence-corrected chi connectivity index (χ2v) is 34.1. The summed E-state index contributed by atoms with van der Waals surface area (Å²) in [5.41, 5.74) is 6.96. The van der Waals surface area contributed by atoms with Gasteiger partial charge in [-0.05, 0) is 125 Å². The number of nitrogens with zero attached hydrogens (tertiary/aromatic N) is 11. The molecule has 8 heterocycles. The number of aromatic nitrogens is 11. The topological polar surface area (TPSA) is 248 Å². The summed E-state index contributed by atoms with van der Waals surface area (Å²) >= 11 is 3.29. The van der Waals surface area contributed by atoms with Gasteiger partial charge >= 0.3 is 35.0 Å². The molecule has 121 heavy (non-hydrogen) atoms. The third-order valence-electron chi connectivity index (χ3n) is 18.4.